The summed E-state index contributed by atoms with van der Waals surface area (Å²) >= 11 is 0. The molecule has 5 nitrogen and oxygen atoms in total. The van der Waals surface area contributed by atoms with Gasteiger partial charge in [-0.15, -0.1) is 0 Å². The van der Waals surface area contributed by atoms with Crippen LogP contribution in [0, 0.1) is 0 Å². The molecule has 2 amide bonds. The average Bonchev–Trinajstić information content (AvgIpc) is 2.52. The van der Waals surface area contributed by atoms with Crippen molar-refractivity contribution in [2.24, 2.45) is 0 Å². The van der Waals surface area contributed by atoms with Crippen molar-refractivity contribution in [3.63, 3.8) is 0 Å². The van der Waals surface area contributed by atoms with Gasteiger partial charge >= 0.3 is 0 Å². The van der Waals surface area contributed by atoms with E-state index in [0.29, 0.717) is 11.1 Å². The van der Waals surface area contributed by atoms with Crippen molar-refractivity contribution in [3.05, 3.63) is 66.0 Å². The first-order chi connectivity index (χ1) is 10.4. The molecule has 0 atom stereocenters. The minimum Gasteiger partial charge on any atom is -0.267 e. The van der Waals surface area contributed by atoms with E-state index in [4.69, 9.17) is 0 Å². The van der Waals surface area contributed by atoms with Gasteiger partial charge in [-0.1, -0.05) is 18.2 Å². The molecule has 114 valence electrons. The summed E-state index contributed by atoms with van der Waals surface area (Å²) in [6, 6.07) is 12.1. The Hall–Kier alpha value is -2.69. The van der Waals surface area contributed by atoms with Crippen molar-refractivity contribution in [1.82, 2.24) is 15.4 Å². The zero-order chi connectivity index (χ0) is 16.2. The number of nitrogens with zero attached hydrogens (tertiary/aromatic N) is 2. The topological polar surface area (TPSA) is 62.3 Å². The average molecular weight is 297 g/mol. The van der Waals surface area contributed by atoms with Crippen LogP contribution in [-0.2, 0) is 0 Å². The molecule has 0 saturated carbocycles. The number of amides is 2. The number of rotatable bonds is 2. The minimum absolute atomic E-state index is 0.301. The zero-order valence-electron chi connectivity index (χ0n) is 12.9. The Bertz CT molecular complexity index is 649. The predicted molar refractivity (Wildman–Crippen MR) is 84.1 cm³/mol. The fourth-order valence-electron chi connectivity index (χ4n) is 1.90. The number of aromatic nitrogens is 1. The van der Waals surface area contributed by atoms with E-state index in [1.54, 1.807) is 42.6 Å². The summed E-state index contributed by atoms with van der Waals surface area (Å²) in [4.78, 5) is 28.9. The third-order valence-electron chi connectivity index (χ3n) is 3.03. The summed E-state index contributed by atoms with van der Waals surface area (Å²) in [7, 11) is 0. The Kier molecular flexibility index (Phi) is 4.56. The predicted octanol–water partition coefficient (Wildman–Crippen LogP) is 2.67. The van der Waals surface area contributed by atoms with E-state index >= 15 is 0 Å². The van der Waals surface area contributed by atoms with Crippen LogP contribution in [0.2, 0.25) is 0 Å². The number of carbonyl (C=O) groups is 2. The summed E-state index contributed by atoms with van der Waals surface area (Å²) in [6.45, 7) is 5.56. The molecule has 0 saturated heterocycles. The van der Waals surface area contributed by atoms with Crippen molar-refractivity contribution in [2.45, 2.75) is 26.3 Å². The van der Waals surface area contributed by atoms with Gasteiger partial charge in [-0.3, -0.25) is 20.0 Å². The molecule has 0 radical (unpaired) electrons. The molecule has 22 heavy (non-hydrogen) atoms. The van der Waals surface area contributed by atoms with E-state index in [1.165, 1.54) is 11.2 Å². The van der Waals surface area contributed by atoms with E-state index in [-0.39, 0.29) is 11.8 Å². The van der Waals surface area contributed by atoms with Gasteiger partial charge in [-0.2, -0.15) is 0 Å². The molecule has 0 aliphatic heterocycles. The lowest BCUT2D eigenvalue weighted by Crippen LogP contribution is -2.55. The minimum atomic E-state index is -0.572. The van der Waals surface area contributed by atoms with Crippen LogP contribution in [0.4, 0.5) is 0 Å². The molecule has 5 heteroatoms. The van der Waals surface area contributed by atoms with Gasteiger partial charge in [0.15, 0.2) is 0 Å². The number of hydrogen-bond acceptors (Lipinski definition) is 3. The van der Waals surface area contributed by atoms with E-state index in [2.05, 4.69) is 10.4 Å². The molecule has 1 heterocycles. The molecule has 0 bridgehead atoms. The number of nitrogens with one attached hydrogen (secondary N) is 1. The fraction of sp³-hybridized carbons (Fsp3) is 0.235. The van der Waals surface area contributed by atoms with Crippen molar-refractivity contribution in [1.29, 1.82) is 0 Å². The molecular weight excluding hydrogens is 278 g/mol. The van der Waals surface area contributed by atoms with Crippen LogP contribution in [0.25, 0.3) is 0 Å². The largest absolute Gasteiger partial charge is 0.274 e. The van der Waals surface area contributed by atoms with Gasteiger partial charge in [-0.05, 0) is 45.0 Å². The molecule has 1 aromatic carbocycles. The smallest absolute Gasteiger partial charge is 0.267 e. The standard InChI is InChI=1S/C17H19N3O2/c1-17(2,3)20(16(22)14-10-7-11-18-12-14)19-15(21)13-8-5-4-6-9-13/h4-12H,1-3H3,(H,19,21). The SMILES string of the molecule is CC(C)(C)N(NC(=O)c1ccccc1)C(=O)c1cccnc1. The number of hydrazine groups is 1. The molecule has 0 spiro atoms. The number of hydrogen-bond donors (Lipinski definition) is 1. The van der Waals surface area contributed by atoms with Crippen LogP contribution in [0.1, 0.15) is 41.5 Å². The van der Waals surface area contributed by atoms with E-state index in [9.17, 15) is 9.59 Å². The van der Waals surface area contributed by atoms with Gasteiger partial charge in [0.05, 0.1) is 11.1 Å². The normalized spacial score (nSPS) is 10.9. The third kappa shape index (κ3) is 3.69. The first-order valence-corrected chi connectivity index (χ1v) is 7.00. The number of benzene rings is 1. The van der Waals surface area contributed by atoms with Crippen LogP contribution in [0.15, 0.2) is 54.9 Å². The van der Waals surface area contributed by atoms with Gasteiger partial charge in [0.1, 0.15) is 0 Å². The van der Waals surface area contributed by atoms with Crippen LogP contribution in [0.3, 0.4) is 0 Å². The summed E-state index contributed by atoms with van der Waals surface area (Å²) in [5.41, 5.74) is 3.03. The molecule has 0 aliphatic carbocycles. The highest BCUT2D eigenvalue weighted by atomic mass is 16.2. The Labute approximate surface area is 130 Å². The highest BCUT2D eigenvalue weighted by Gasteiger charge is 2.29. The molecular formula is C17H19N3O2. The molecule has 0 unspecified atom stereocenters. The lowest BCUT2D eigenvalue weighted by atomic mass is 10.1. The summed E-state index contributed by atoms with van der Waals surface area (Å²) < 4.78 is 0. The van der Waals surface area contributed by atoms with Crippen molar-refractivity contribution < 1.29 is 9.59 Å². The molecule has 1 aromatic heterocycles. The fourth-order valence-corrected chi connectivity index (χ4v) is 1.90. The van der Waals surface area contributed by atoms with Crippen LogP contribution in [0.5, 0.6) is 0 Å². The molecule has 0 aliphatic rings. The Morgan fingerprint density at radius 1 is 1.00 bits per heavy atom. The quantitative estimate of drug-likeness (QED) is 0.867. The van der Waals surface area contributed by atoms with Crippen LogP contribution in [-0.4, -0.2) is 27.3 Å². The monoisotopic (exact) mass is 297 g/mol. The molecule has 1 N–H and O–H groups in total. The first kappa shape index (κ1) is 15.7. The Morgan fingerprint density at radius 2 is 1.64 bits per heavy atom. The van der Waals surface area contributed by atoms with Crippen molar-refractivity contribution in [3.8, 4) is 0 Å². The van der Waals surface area contributed by atoms with Crippen molar-refractivity contribution >= 4 is 11.8 Å². The van der Waals surface area contributed by atoms with E-state index in [0.717, 1.165) is 0 Å². The highest BCUT2D eigenvalue weighted by Crippen LogP contribution is 2.15. The zero-order valence-corrected chi connectivity index (χ0v) is 12.9. The summed E-state index contributed by atoms with van der Waals surface area (Å²) in [6.07, 6.45) is 3.08. The Morgan fingerprint density at radius 3 is 2.18 bits per heavy atom. The lowest BCUT2D eigenvalue weighted by molar-refractivity contribution is 0.0358. The highest BCUT2D eigenvalue weighted by molar-refractivity contribution is 5.99. The molecule has 2 rings (SSSR count). The number of carbonyl (C=O) groups excluding carboxylic acids is 2. The first-order valence-electron chi connectivity index (χ1n) is 7.00. The van der Waals surface area contributed by atoms with E-state index in [1.807, 2.05) is 26.8 Å². The summed E-state index contributed by atoms with van der Waals surface area (Å²) in [5.74, 6) is -0.627. The van der Waals surface area contributed by atoms with Crippen LogP contribution >= 0.6 is 0 Å². The number of pyridine rings is 1. The Balaban J connectivity index is 2.25. The molecule has 0 fully saturated rings. The van der Waals surface area contributed by atoms with Crippen molar-refractivity contribution in [2.75, 3.05) is 0 Å². The van der Waals surface area contributed by atoms with E-state index < -0.39 is 5.54 Å². The second-order valence-electron chi connectivity index (χ2n) is 5.86. The van der Waals surface area contributed by atoms with Crippen LogP contribution < -0.4 is 5.43 Å². The van der Waals surface area contributed by atoms with Gasteiger partial charge in [0, 0.05) is 18.0 Å². The van der Waals surface area contributed by atoms with Gasteiger partial charge < -0.3 is 0 Å². The maximum atomic E-state index is 12.6. The third-order valence-corrected chi connectivity index (χ3v) is 3.03. The van der Waals surface area contributed by atoms with Gasteiger partial charge in [0.2, 0.25) is 0 Å². The second-order valence-corrected chi connectivity index (χ2v) is 5.86. The second kappa shape index (κ2) is 6.39. The van der Waals surface area contributed by atoms with Gasteiger partial charge in [-0.25, -0.2) is 5.01 Å². The lowest BCUT2D eigenvalue weighted by Gasteiger charge is -2.35. The summed E-state index contributed by atoms with van der Waals surface area (Å²) in [5, 5.41) is 1.33. The maximum absolute atomic E-state index is 12.6. The van der Waals surface area contributed by atoms with Gasteiger partial charge in [0.25, 0.3) is 11.8 Å². The maximum Gasteiger partial charge on any atom is 0.274 e. The molecule has 2 aromatic rings.